The van der Waals surface area contributed by atoms with E-state index in [1.54, 1.807) is 0 Å². The van der Waals surface area contributed by atoms with Crippen LogP contribution in [0.1, 0.15) is 21.5 Å². The van der Waals surface area contributed by atoms with E-state index < -0.39 is 11.7 Å². The summed E-state index contributed by atoms with van der Waals surface area (Å²) in [6.45, 7) is 0.949. The molecule has 1 heterocycles. The van der Waals surface area contributed by atoms with E-state index in [4.69, 9.17) is 9.47 Å². The van der Waals surface area contributed by atoms with E-state index >= 15 is 0 Å². The van der Waals surface area contributed by atoms with E-state index in [9.17, 15) is 4.79 Å². The summed E-state index contributed by atoms with van der Waals surface area (Å²) in [6, 6.07) is 29.3. The molecule has 0 aromatic heterocycles. The number of hydrogen-bond acceptors (Lipinski definition) is 3. The topological polar surface area (TPSA) is 35.5 Å². The number of Topliss-reactive ketones (excluding diaryl/α,β-unsaturated/α-hetero) is 1. The van der Waals surface area contributed by atoms with Crippen molar-refractivity contribution in [1.82, 2.24) is 0 Å². The highest BCUT2D eigenvalue weighted by Crippen LogP contribution is 2.42. The first kappa shape index (κ1) is 17.7. The predicted molar refractivity (Wildman–Crippen MR) is 104 cm³/mol. The molecule has 0 saturated carbocycles. The molecule has 0 amide bonds. The molecule has 0 spiro atoms. The van der Waals surface area contributed by atoms with E-state index in [1.807, 2.05) is 91.0 Å². The standard InChI is InChI=1S/C24H22O3/c25-23(20-12-6-2-7-13-20)22(18-19-10-4-1-5-11-19)24(26-16-17-27-24)21-14-8-3-9-15-21/h1-15,22H,16-18H2. The minimum atomic E-state index is -1.07. The van der Waals surface area contributed by atoms with Gasteiger partial charge in [-0.3, -0.25) is 4.79 Å². The summed E-state index contributed by atoms with van der Waals surface area (Å²) in [5, 5.41) is 0. The fourth-order valence-electron chi connectivity index (χ4n) is 3.72. The van der Waals surface area contributed by atoms with E-state index in [0.717, 1.165) is 11.1 Å². The number of carbonyl (C=O) groups excluding carboxylic acids is 1. The van der Waals surface area contributed by atoms with Gasteiger partial charge in [-0.1, -0.05) is 91.0 Å². The molecule has 1 saturated heterocycles. The lowest BCUT2D eigenvalue weighted by Gasteiger charge is -2.35. The van der Waals surface area contributed by atoms with E-state index in [1.165, 1.54) is 0 Å². The maximum Gasteiger partial charge on any atom is 0.205 e. The highest BCUT2D eigenvalue weighted by Gasteiger charge is 2.49. The van der Waals surface area contributed by atoms with Crippen LogP contribution in [0.5, 0.6) is 0 Å². The monoisotopic (exact) mass is 358 g/mol. The van der Waals surface area contributed by atoms with Crippen LogP contribution in [0.3, 0.4) is 0 Å². The predicted octanol–water partition coefficient (Wildman–Crippen LogP) is 4.63. The maximum atomic E-state index is 13.6. The SMILES string of the molecule is O=C(c1ccccc1)C(Cc1ccccc1)C1(c2ccccc2)OCCO1. The second-order valence-electron chi connectivity index (χ2n) is 6.70. The summed E-state index contributed by atoms with van der Waals surface area (Å²) in [5.74, 6) is -1.51. The molecule has 3 aromatic carbocycles. The van der Waals surface area contributed by atoms with Gasteiger partial charge in [0.1, 0.15) is 0 Å². The van der Waals surface area contributed by atoms with Crippen LogP contribution in [0.15, 0.2) is 91.0 Å². The lowest BCUT2D eigenvalue weighted by molar-refractivity contribution is -0.192. The number of rotatable bonds is 6. The minimum Gasteiger partial charge on any atom is -0.343 e. The summed E-state index contributed by atoms with van der Waals surface area (Å²) in [7, 11) is 0. The molecule has 0 N–H and O–H groups in total. The first-order valence-corrected chi connectivity index (χ1v) is 9.26. The van der Waals surface area contributed by atoms with Crippen molar-refractivity contribution in [3.8, 4) is 0 Å². The van der Waals surface area contributed by atoms with Gasteiger partial charge in [-0.2, -0.15) is 0 Å². The number of hydrogen-bond donors (Lipinski definition) is 0. The van der Waals surface area contributed by atoms with Gasteiger partial charge in [-0.15, -0.1) is 0 Å². The van der Waals surface area contributed by atoms with Gasteiger partial charge in [0.2, 0.25) is 5.79 Å². The van der Waals surface area contributed by atoms with Gasteiger partial charge in [0.25, 0.3) is 0 Å². The zero-order chi connectivity index (χ0) is 18.5. The van der Waals surface area contributed by atoms with Crippen LogP contribution in [0.2, 0.25) is 0 Å². The van der Waals surface area contributed by atoms with Crippen molar-refractivity contribution in [2.45, 2.75) is 12.2 Å². The van der Waals surface area contributed by atoms with Crippen molar-refractivity contribution in [3.63, 3.8) is 0 Å². The van der Waals surface area contributed by atoms with Gasteiger partial charge in [0.15, 0.2) is 5.78 Å². The molecule has 1 aliphatic heterocycles. The zero-order valence-corrected chi connectivity index (χ0v) is 15.1. The average Bonchev–Trinajstić information content (AvgIpc) is 3.24. The van der Waals surface area contributed by atoms with Crippen molar-refractivity contribution in [2.24, 2.45) is 5.92 Å². The number of ether oxygens (including phenoxy) is 2. The van der Waals surface area contributed by atoms with Crippen LogP contribution in [0, 0.1) is 5.92 Å². The Balaban J connectivity index is 1.79. The fraction of sp³-hybridized carbons (Fsp3) is 0.208. The molecule has 27 heavy (non-hydrogen) atoms. The van der Waals surface area contributed by atoms with Crippen molar-refractivity contribution in [2.75, 3.05) is 13.2 Å². The fourth-order valence-corrected chi connectivity index (χ4v) is 3.72. The molecule has 136 valence electrons. The number of benzene rings is 3. The zero-order valence-electron chi connectivity index (χ0n) is 15.1. The Morgan fingerprint density at radius 2 is 1.30 bits per heavy atom. The quantitative estimate of drug-likeness (QED) is 0.603. The minimum absolute atomic E-state index is 0.0326. The molecule has 3 aromatic rings. The molecule has 0 bridgehead atoms. The third-order valence-corrected chi connectivity index (χ3v) is 5.01. The van der Waals surface area contributed by atoms with Crippen molar-refractivity contribution in [3.05, 3.63) is 108 Å². The molecule has 0 aliphatic carbocycles. The first-order valence-electron chi connectivity index (χ1n) is 9.26. The van der Waals surface area contributed by atoms with Crippen molar-refractivity contribution < 1.29 is 14.3 Å². The van der Waals surface area contributed by atoms with Gasteiger partial charge in [-0.05, 0) is 12.0 Å². The van der Waals surface area contributed by atoms with E-state index in [2.05, 4.69) is 0 Å². The second-order valence-corrected chi connectivity index (χ2v) is 6.70. The largest absolute Gasteiger partial charge is 0.343 e. The Bertz CT molecular complexity index is 869. The maximum absolute atomic E-state index is 13.6. The Morgan fingerprint density at radius 1 is 0.778 bits per heavy atom. The van der Waals surface area contributed by atoms with Gasteiger partial charge in [-0.25, -0.2) is 0 Å². The molecule has 1 unspecified atom stereocenters. The van der Waals surface area contributed by atoms with E-state index in [0.29, 0.717) is 25.2 Å². The van der Waals surface area contributed by atoms with Crippen LogP contribution < -0.4 is 0 Å². The molecule has 1 fully saturated rings. The van der Waals surface area contributed by atoms with Crippen LogP contribution in [-0.2, 0) is 21.7 Å². The van der Waals surface area contributed by atoms with E-state index in [-0.39, 0.29) is 5.78 Å². The highest BCUT2D eigenvalue weighted by molar-refractivity contribution is 5.98. The van der Waals surface area contributed by atoms with Crippen molar-refractivity contribution >= 4 is 5.78 Å². The summed E-state index contributed by atoms with van der Waals surface area (Å²) < 4.78 is 12.3. The third-order valence-electron chi connectivity index (χ3n) is 5.01. The number of ketones is 1. The van der Waals surface area contributed by atoms with Crippen LogP contribution in [0.4, 0.5) is 0 Å². The van der Waals surface area contributed by atoms with Crippen LogP contribution in [0.25, 0.3) is 0 Å². The molecule has 0 radical (unpaired) electrons. The lowest BCUT2D eigenvalue weighted by atomic mass is 9.81. The van der Waals surface area contributed by atoms with Crippen LogP contribution >= 0.6 is 0 Å². The van der Waals surface area contributed by atoms with Crippen LogP contribution in [-0.4, -0.2) is 19.0 Å². The average molecular weight is 358 g/mol. The summed E-state index contributed by atoms with van der Waals surface area (Å²) in [4.78, 5) is 13.6. The Labute approximate surface area is 159 Å². The molecule has 1 atom stereocenters. The molecule has 3 nitrogen and oxygen atoms in total. The van der Waals surface area contributed by atoms with Gasteiger partial charge < -0.3 is 9.47 Å². The van der Waals surface area contributed by atoms with Gasteiger partial charge >= 0.3 is 0 Å². The summed E-state index contributed by atoms with van der Waals surface area (Å²) in [5.41, 5.74) is 2.64. The highest BCUT2D eigenvalue weighted by atomic mass is 16.7. The summed E-state index contributed by atoms with van der Waals surface area (Å²) >= 11 is 0. The Hall–Kier alpha value is -2.75. The Morgan fingerprint density at radius 3 is 1.89 bits per heavy atom. The first-order chi connectivity index (χ1) is 13.3. The summed E-state index contributed by atoms with van der Waals surface area (Å²) in [6.07, 6.45) is 0.545. The molecule has 3 heteroatoms. The second kappa shape index (κ2) is 7.87. The smallest absolute Gasteiger partial charge is 0.205 e. The Kier molecular flexibility index (Phi) is 5.14. The van der Waals surface area contributed by atoms with Crippen molar-refractivity contribution in [1.29, 1.82) is 0 Å². The molecule has 1 aliphatic rings. The molecular weight excluding hydrogens is 336 g/mol. The third kappa shape index (κ3) is 3.57. The van der Waals surface area contributed by atoms with Gasteiger partial charge in [0.05, 0.1) is 19.1 Å². The van der Waals surface area contributed by atoms with Gasteiger partial charge in [0, 0.05) is 11.1 Å². The molecular formula is C24H22O3. The number of carbonyl (C=O) groups is 1. The normalized spacial score (nSPS) is 16.7. The molecule has 4 rings (SSSR count). The lowest BCUT2D eigenvalue weighted by Crippen LogP contribution is -2.42.